The summed E-state index contributed by atoms with van der Waals surface area (Å²) in [7, 11) is 0. The molecule has 1 aliphatic rings. The average molecular weight is 163 g/mol. The van der Waals surface area contributed by atoms with E-state index >= 15 is 0 Å². The van der Waals surface area contributed by atoms with Crippen molar-refractivity contribution >= 4 is 12.2 Å². The highest BCUT2D eigenvalue weighted by Crippen LogP contribution is 1.99. The second kappa shape index (κ2) is 2.93. The fraction of sp³-hybridized carbons (Fsp3) is 0.333. The van der Waals surface area contributed by atoms with Crippen LogP contribution in [-0.2, 0) is 6.54 Å². The summed E-state index contributed by atoms with van der Waals surface area (Å²) in [6, 6.07) is 1.88. The molecule has 0 saturated heterocycles. The number of nitroso groups, excluding NO2 is 1. The van der Waals surface area contributed by atoms with Crippen LogP contribution in [0.5, 0.6) is 0 Å². The molecule has 0 saturated carbocycles. The molecule has 3 heteroatoms. The van der Waals surface area contributed by atoms with Gasteiger partial charge in [0.15, 0.2) is 0 Å². The summed E-state index contributed by atoms with van der Waals surface area (Å²) >= 11 is 0. The van der Waals surface area contributed by atoms with Crippen LogP contribution in [0.1, 0.15) is 18.6 Å². The highest BCUT2D eigenvalue weighted by Gasteiger charge is 2.01. The molecule has 1 aromatic rings. The Morgan fingerprint density at radius 3 is 3.00 bits per heavy atom. The van der Waals surface area contributed by atoms with E-state index in [-0.39, 0.29) is 6.54 Å². The molecular weight excluding hydrogens is 154 g/mol. The van der Waals surface area contributed by atoms with Gasteiger partial charge in [-0.05, 0) is 25.0 Å². The standard InChI is InChI=1S/C9H9NO2/c11-10-6-8-5-7-3-1-2-4-9(7)12-8/h3-5H,1-2,6H2. The Labute approximate surface area is 69.4 Å². The molecular formula is C9H9NO2. The molecule has 3 nitrogen and oxygen atoms in total. The van der Waals surface area contributed by atoms with E-state index in [1.165, 1.54) is 0 Å². The smallest absolute Gasteiger partial charge is 0.139 e. The maximum absolute atomic E-state index is 9.96. The second-order valence-electron chi connectivity index (χ2n) is 2.81. The molecule has 1 aromatic heterocycles. The van der Waals surface area contributed by atoms with E-state index in [1.54, 1.807) is 0 Å². The van der Waals surface area contributed by atoms with Gasteiger partial charge in [0.25, 0.3) is 0 Å². The van der Waals surface area contributed by atoms with Crippen molar-refractivity contribution in [3.05, 3.63) is 27.4 Å². The van der Waals surface area contributed by atoms with Gasteiger partial charge < -0.3 is 4.42 Å². The van der Waals surface area contributed by atoms with E-state index < -0.39 is 0 Å². The Morgan fingerprint density at radius 1 is 1.42 bits per heavy atom. The van der Waals surface area contributed by atoms with Crippen molar-refractivity contribution in [3.8, 4) is 0 Å². The molecule has 12 heavy (non-hydrogen) atoms. The van der Waals surface area contributed by atoms with Crippen molar-refractivity contribution in [2.24, 2.45) is 5.18 Å². The van der Waals surface area contributed by atoms with Crippen LogP contribution < -0.4 is 10.6 Å². The summed E-state index contributed by atoms with van der Waals surface area (Å²) in [6.07, 6.45) is 6.24. The minimum atomic E-state index is 0.134. The predicted octanol–water partition coefficient (Wildman–Crippen LogP) is 0.901. The van der Waals surface area contributed by atoms with Crippen LogP contribution in [0.25, 0.3) is 12.2 Å². The van der Waals surface area contributed by atoms with E-state index in [0.717, 1.165) is 23.5 Å². The highest BCUT2D eigenvalue weighted by atomic mass is 16.3. The first-order valence-electron chi connectivity index (χ1n) is 3.98. The molecule has 1 heterocycles. The molecule has 0 aliphatic heterocycles. The van der Waals surface area contributed by atoms with Gasteiger partial charge in [0.1, 0.15) is 17.7 Å². The third kappa shape index (κ3) is 1.18. The number of hydrogen-bond donors (Lipinski definition) is 0. The topological polar surface area (TPSA) is 42.6 Å². The summed E-state index contributed by atoms with van der Waals surface area (Å²) in [5.74, 6) is 0.657. The monoisotopic (exact) mass is 163 g/mol. The molecule has 0 unspecified atom stereocenters. The van der Waals surface area contributed by atoms with Gasteiger partial charge in [-0.2, -0.15) is 4.91 Å². The van der Waals surface area contributed by atoms with Gasteiger partial charge in [-0.1, -0.05) is 11.3 Å². The van der Waals surface area contributed by atoms with Crippen molar-refractivity contribution in [1.82, 2.24) is 0 Å². The normalized spacial score (nSPS) is 14.3. The van der Waals surface area contributed by atoms with E-state index in [0.29, 0.717) is 5.76 Å². The van der Waals surface area contributed by atoms with Crippen molar-refractivity contribution in [1.29, 1.82) is 0 Å². The average Bonchev–Trinajstić information content (AvgIpc) is 2.47. The predicted molar refractivity (Wildman–Crippen MR) is 45.6 cm³/mol. The quantitative estimate of drug-likeness (QED) is 0.608. The number of fused-ring (bicyclic) bond motifs is 1. The molecule has 0 fully saturated rings. The van der Waals surface area contributed by atoms with E-state index in [1.807, 2.05) is 12.1 Å². The fourth-order valence-electron chi connectivity index (χ4n) is 1.39. The van der Waals surface area contributed by atoms with Crippen molar-refractivity contribution in [2.75, 3.05) is 0 Å². The minimum absolute atomic E-state index is 0.134. The van der Waals surface area contributed by atoms with Crippen molar-refractivity contribution in [2.45, 2.75) is 19.4 Å². The van der Waals surface area contributed by atoms with Gasteiger partial charge in [0.05, 0.1) is 0 Å². The van der Waals surface area contributed by atoms with Crippen LogP contribution in [0.4, 0.5) is 0 Å². The Balaban J connectivity index is 2.52. The zero-order valence-electron chi connectivity index (χ0n) is 6.62. The first-order chi connectivity index (χ1) is 5.90. The zero-order chi connectivity index (χ0) is 8.39. The largest absolute Gasteiger partial charge is 0.459 e. The van der Waals surface area contributed by atoms with Crippen LogP contribution in [-0.4, -0.2) is 0 Å². The maximum Gasteiger partial charge on any atom is 0.139 e. The summed E-state index contributed by atoms with van der Waals surface area (Å²) in [4.78, 5) is 9.96. The van der Waals surface area contributed by atoms with Crippen LogP contribution in [0.3, 0.4) is 0 Å². The van der Waals surface area contributed by atoms with Gasteiger partial charge in [-0.15, -0.1) is 0 Å². The van der Waals surface area contributed by atoms with E-state index in [2.05, 4.69) is 11.3 Å². The Hall–Kier alpha value is -1.38. The SMILES string of the molecule is O=NCc1cc2c(o1)=CCCC=2. The number of nitrogens with zero attached hydrogens (tertiary/aromatic N) is 1. The fourth-order valence-corrected chi connectivity index (χ4v) is 1.39. The Kier molecular flexibility index (Phi) is 1.78. The van der Waals surface area contributed by atoms with Crippen LogP contribution in [0, 0.1) is 4.91 Å². The Bertz CT molecular complexity index is 369. The third-order valence-electron chi connectivity index (χ3n) is 1.92. The summed E-state index contributed by atoms with van der Waals surface area (Å²) in [5.41, 5.74) is 0.889. The molecule has 0 N–H and O–H groups in total. The molecule has 1 aliphatic carbocycles. The number of furan rings is 1. The summed E-state index contributed by atoms with van der Waals surface area (Å²) in [5, 5.41) is 3.87. The van der Waals surface area contributed by atoms with Gasteiger partial charge >= 0.3 is 0 Å². The zero-order valence-corrected chi connectivity index (χ0v) is 6.62. The number of rotatable bonds is 2. The molecule has 62 valence electrons. The molecule has 0 atom stereocenters. The van der Waals surface area contributed by atoms with Crippen LogP contribution in [0.2, 0.25) is 0 Å². The molecule has 2 rings (SSSR count). The third-order valence-corrected chi connectivity index (χ3v) is 1.92. The van der Waals surface area contributed by atoms with Gasteiger partial charge in [0.2, 0.25) is 0 Å². The minimum Gasteiger partial charge on any atom is -0.459 e. The molecule has 0 spiro atoms. The van der Waals surface area contributed by atoms with E-state index in [9.17, 15) is 4.91 Å². The first kappa shape index (κ1) is 7.28. The molecule has 0 aromatic carbocycles. The van der Waals surface area contributed by atoms with Crippen LogP contribution >= 0.6 is 0 Å². The van der Waals surface area contributed by atoms with E-state index in [4.69, 9.17) is 4.42 Å². The molecule has 0 radical (unpaired) electrons. The first-order valence-corrected chi connectivity index (χ1v) is 3.98. The highest BCUT2D eigenvalue weighted by molar-refractivity contribution is 5.35. The Morgan fingerprint density at radius 2 is 2.25 bits per heavy atom. The van der Waals surface area contributed by atoms with Gasteiger partial charge in [0, 0.05) is 5.22 Å². The lowest BCUT2D eigenvalue weighted by Crippen LogP contribution is -2.21. The van der Waals surface area contributed by atoms with Crippen molar-refractivity contribution < 1.29 is 4.42 Å². The lowest BCUT2D eigenvalue weighted by Gasteiger charge is -1.90. The molecule has 0 bridgehead atoms. The summed E-state index contributed by atoms with van der Waals surface area (Å²) in [6.45, 7) is 0.134. The molecule has 0 amide bonds. The summed E-state index contributed by atoms with van der Waals surface area (Å²) < 4.78 is 5.37. The lowest BCUT2D eigenvalue weighted by molar-refractivity contribution is 0.480. The maximum atomic E-state index is 9.96. The number of hydrogen-bond acceptors (Lipinski definition) is 3. The van der Waals surface area contributed by atoms with Crippen LogP contribution in [0.15, 0.2) is 15.7 Å². The van der Waals surface area contributed by atoms with Crippen molar-refractivity contribution in [3.63, 3.8) is 0 Å². The second-order valence-corrected chi connectivity index (χ2v) is 2.81. The van der Waals surface area contributed by atoms with Gasteiger partial charge in [-0.3, -0.25) is 0 Å². The van der Waals surface area contributed by atoms with Gasteiger partial charge in [-0.25, -0.2) is 0 Å². The lowest BCUT2D eigenvalue weighted by atomic mass is 10.2.